The van der Waals surface area contributed by atoms with Crippen LogP contribution in [0.15, 0.2) is 59.5 Å². The second-order valence-corrected chi connectivity index (χ2v) is 8.80. The predicted molar refractivity (Wildman–Crippen MR) is 106 cm³/mol. The maximum atomic E-state index is 12.9. The maximum absolute atomic E-state index is 12.9. The van der Waals surface area contributed by atoms with Gasteiger partial charge in [-0.25, -0.2) is 8.42 Å². The molecule has 1 saturated heterocycles. The number of carbonyl (C=O) groups excluding carboxylic acids is 2. The summed E-state index contributed by atoms with van der Waals surface area (Å²) in [5.41, 5.74) is -0.635. The van der Waals surface area contributed by atoms with Gasteiger partial charge in [0.15, 0.2) is 0 Å². The van der Waals surface area contributed by atoms with E-state index in [1.165, 1.54) is 4.90 Å². The zero-order valence-corrected chi connectivity index (χ0v) is 17.1. The lowest BCUT2D eigenvalue weighted by Gasteiger charge is -2.34. The van der Waals surface area contributed by atoms with E-state index in [0.29, 0.717) is 11.6 Å². The van der Waals surface area contributed by atoms with E-state index >= 15 is 0 Å². The molecule has 166 valence electrons. The summed E-state index contributed by atoms with van der Waals surface area (Å²) in [4.78, 5) is 25.3. The van der Waals surface area contributed by atoms with Gasteiger partial charge in [0, 0.05) is 31.7 Å². The van der Waals surface area contributed by atoms with E-state index in [1.807, 2.05) is 0 Å². The number of carbonyl (C=O) groups is 2. The lowest BCUT2D eigenvalue weighted by Crippen LogP contribution is -2.52. The predicted octanol–water partition coefficient (Wildman–Crippen LogP) is 1.97. The van der Waals surface area contributed by atoms with E-state index < -0.39 is 32.6 Å². The van der Waals surface area contributed by atoms with Crippen molar-refractivity contribution in [2.45, 2.75) is 11.1 Å². The molecule has 0 unspecified atom stereocenters. The molecule has 3 rings (SSSR count). The van der Waals surface area contributed by atoms with Crippen molar-refractivity contribution in [1.82, 2.24) is 14.5 Å². The van der Waals surface area contributed by atoms with Gasteiger partial charge < -0.3 is 10.2 Å². The summed E-state index contributed by atoms with van der Waals surface area (Å²) in [5, 5.41) is 2.52. The highest BCUT2D eigenvalue weighted by atomic mass is 32.2. The van der Waals surface area contributed by atoms with E-state index in [4.69, 9.17) is 0 Å². The highest BCUT2D eigenvalue weighted by Crippen LogP contribution is 2.31. The van der Waals surface area contributed by atoms with Crippen molar-refractivity contribution >= 4 is 21.8 Å². The Morgan fingerprint density at radius 2 is 1.58 bits per heavy atom. The SMILES string of the molecule is O=C(NCC(=O)N1CCN(S(=O)(=O)c2cccc(C(F)(F)F)c2)CC1)c1ccccc1. The molecule has 31 heavy (non-hydrogen) atoms. The van der Waals surface area contributed by atoms with E-state index in [-0.39, 0.29) is 38.6 Å². The van der Waals surface area contributed by atoms with Crippen molar-refractivity contribution in [2.75, 3.05) is 32.7 Å². The zero-order valence-electron chi connectivity index (χ0n) is 16.3. The van der Waals surface area contributed by atoms with Crippen LogP contribution in [0.1, 0.15) is 15.9 Å². The van der Waals surface area contributed by atoms with Gasteiger partial charge in [-0.3, -0.25) is 9.59 Å². The normalized spacial score (nSPS) is 15.5. The fraction of sp³-hybridized carbons (Fsp3) is 0.300. The summed E-state index contributed by atoms with van der Waals surface area (Å²) in [5.74, 6) is -0.778. The Kier molecular flexibility index (Phi) is 6.65. The van der Waals surface area contributed by atoms with Crippen LogP contribution in [0.3, 0.4) is 0 Å². The highest BCUT2D eigenvalue weighted by Gasteiger charge is 2.34. The number of hydrogen-bond acceptors (Lipinski definition) is 4. The average Bonchev–Trinajstić information content (AvgIpc) is 2.77. The fourth-order valence-electron chi connectivity index (χ4n) is 3.12. The Hall–Kier alpha value is -2.92. The van der Waals surface area contributed by atoms with Crippen LogP contribution in [0.2, 0.25) is 0 Å². The minimum absolute atomic E-state index is 0.0586. The topological polar surface area (TPSA) is 86.8 Å². The Balaban J connectivity index is 1.57. The Labute approximate surface area is 177 Å². The minimum atomic E-state index is -4.65. The molecule has 1 aliphatic heterocycles. The molecule has 1 fully saturated rings. The molecule has 0 aromatic heterocycles. The van der Waals surface area contributed by atoms with Crippen molar-refractivity contribution in [3.05, 3.63) is 65.7 Å². The third-order valence-electron chi connectivity index (χ3n) is 4.83. The van der Waals surface area contributed by atoms with E-state index in [1.54, 1.807) is 30.3 Å². The minimum Gasteiger partial charge on any atom is -0.343 e. The van der Waals surface area contributed by atoms with Crippen molar-refractivity contribution in [1.29, 1.82) is 0 Å². The summed E-state index contributed by atoms with van der Waals surface area (Å²) in [6.45, 7) is -0.224. The van der Waals surface area contributed by atoms with Crippen LogP contribution >= 0.6 is 0 Å². The molecule has 11 heteroatoms. The van der Waals surface area contributed by atoms with Crippen LogP contribution in [-0.2, 0) is 21.0 Å². The zero-order chi connectivity index (χ0) is 22.6. The molecule has 2 amide bonds. The number of halogens is 3. The Morgan fingerprint density at radius 3 is 2.19 bits per heavy atom. The third-order valence-corrected chi connectivity index (χ3v) is 6.72. The van der Waals surface area contributed by atoms with Crippen molar-refractivity contribution in [2.24, 2.45) is 0 Å². The van der Waals surface area contributed by atoms with Gasteiger partial charge in [0.1, 0.15) is 0 Å². The summed E-state index contributed by atoms with van der Waals surface area (Å²) in [7, 11) is -4.13. The first-order valence-electron chi connectivity index (χ1n) is 9.37. The molecule has 2 aromatic rings. The number of amides is 2. The second-order valence-electron chi connectivity index (χ2n) is 6.86. The van der Waals surface area contributed by atoms with Crippen molar-refractivity contribution in [3.8, 4) is 0 Å². The molecule has 7 nitrogen and oxygen atoms in total. The molecular weight excluding hydrogens is 435 g/mol. The third kappa shape index (κ3) is 5.42. The molecule has 0 aliphatic carbocycles. The lowest BCUT2D eigenvalue weighted by atomic mass is 10.2. The lowest BCUT2D eigenvalue weighted by molar-refractivity contribution is -0.137. The summed E-state index contributed by atoms with van der Waals surface area (Å²) in [6, 6.07) is 11.9. The number of sulfonamides is 1. The van der Waals surface area contributed by atoms with Gasteiger partial charge in [0.05, 0.1) is 17.0 Å². The molecular formula is C20H20F3N3O4S. The Bertz CT molecular complexity index is 1050. The first-order valence-corrected chi connectivity index (χ1v) is 10.8. The standard InChI is InChI=1S/C20H20F3N3O4S/c21-20(22,23)16-7-4-8-17(13-16)31(29,30)26-11-9-25(10-12-26)18(27)14-24-19(28)15-5-2-1-3-6-15/h1-8,13H,9-12,14H2,(H,24,28). The maximum Gasteiger partial charge on any atom is 0.416 e. The van der Waals surface area contributed by atoms with E-state index in [2.05, 4.69) is 5.32 Å². The quantitative estimate of drug-likeness (QED) is 0.747. The molecule has 0 spiro atoms. The van der Waals surface area contributed by atoms with Crippen molar-refractivity contribution < 1.29 is 31.2 Å². The van der Waals surface area contributed by atoms with Crippen LogP contribution in [0.5, 0.6) is 0 Å². The number of alkyl halides is 3. The van der Waals surface area contributed by atoms with Gasteiger partial charge in [-0.05, 0) is 30.3 Å². The molecule has 1 heterocycles. The van der Waals surface area contributed by atoms with Gasteiger partial charge in [-0.15, -0.1) is 0 Å². The molecule has 0 radical (unpaired) electrons. The van der Waals surface area contributed by atoms with Gasteiger partial charge >= 0.3 is 6.18 Å². The van der Waals surface area contributed by atoms with E-state index in [0.717, 1.165) is 22.5 Å². The number of piperazine rings is 1. The molecule has 0 saturated carbocycles. The molecule has 0 bridgehead atoms. The van der Waals surface area contributed by atoms with Crippen LogP contribution in [0.4, 0.5) is 13.2 Å². The summed E-state index contributed by atoms with van der Waals surface area (Å²) < 4.78 is 65.2. The molecule has 1 N–H and O–H groups in total. The van der Waals surface area contributed by atoms with Crippen LogP contribution in [-0.4, -0.2) is 62.2 Å². The van der Waals surface area contributed by atoms with Crippen LogP contribution in [0.25, 0.3) is 0 Å². The van der Waals surface area contributed by atoms with Gasteiger partial charge in [0.25, 0.3) is 5.91 Å². The van der Waals surface area contributed by atoms with Crippen LogP contribution < -0.4 is 5.32 Å². The first-order chi connectivity index (χ1) is 14.6. The molecule has 1 aliphatic rings. The highest BCUT2D eigenvalue weighted by molar-refractivity contribution is 7.89. The van der Waals surface area contributed by atoms with Gasteiger partial charge in [-0.1, -0.05) is 24.3 Å². The smallest absolute Gasteiger partial charge is 0.343 e. The number of hydrogen-bond donors (Lipinski definition) is 1. The van der Waals surface area contributed by atoms with Gasteiger partial charge in [-0.2, -0.15) is 17.5 Å². The number of nitrogens with zero attached hydrogens (tertiary/aromatic N) is 2. The first kappa shape index (κ1) is 22.8. The number of rotatable bonds is 5. The summed E-state index contributed by atoms with van der Waals surface area (Å²) in [6.07, 6.45) is -4.65. The monoisotopic (exact) mass is 455 g/mol. The second kappa shape index (κ2) is 9.06. The van der Waals surface area contributed by atoms with Crippen molar-refractivity contribution in [3.63, 3.8) is 0 Å². The van der Waals surface area contributed by atoms with E-state index in [9.17, 15) is 31.2 Å². The average molecular weight is 455 g/mol. The number of nitrogens with one attached hydrogen (secondary N) is 1. The Morgan fingerprint density at radius 1 is 0.935 bits per heavy atom. The molecule has 2 aromatic carbocycles. The summed E-state index contributed by atoms with van der Waals surface area (Å²) >= 11 is 0. The number of benzene rings is 2. The van der Waals surface area contributed by atoms with Gasteiger partial charge in [0.2, 0.25) is 15.9 Å². The fourth-order valence-corrected chi connectivity index (χ4v) is 4.59. The largest absolute Gasteiger partial charge is 0.416 e. The molecule has 0 atom stereocenters. The van der Waals surface area contributed by atoms with Crippen LogP contribution in [0, 0.1) is 0 Å².